The van der Waals surface area contributed by atoms with E-state index in [0.717, 1.165) is 0 Å². The Morgan fingerprint density at radius 2 is 1.96 bits per heavy atom. The van der Waals surface area contributed by atoms with Gasteiger partial charge in [0, 0.05) is 38.1 Å². The highest BCUT2D eigenvalue weighted by molar-refractivity contribution is 7.88. The summed E-state index contributed by atoms with van der Waals surface area (Å²) in [5.41, 5.74) is 4.93. The Morgan fingerprint density at radius 1 is 1.38 bits per heavy atom. The zero-order valence-corrected chi connectivity index (χ0v) is 16.9. The molecule has 0 aromatic rings. The standard InChI is InChI=1S/C15H31N3O4S.ClH/c1-6-18(23(5,20)21)10-8-9-17-13(19)15(16)11-12(22-7-2)14(15,3)4;/h12H,6-11,16H2,1-5H3,(H,17,19);1H. The van der Waals surface area contributed by atoms with Crippen LogP contribution in [0.2, 0.25) is 0 Å². The van der Waals surface area contributed by atoms with Crippen molar-refractivity contribution >= 4 is 28.3 Å². The highest BCUT2D eigenvalue weighted by Crippen LogP contribution is 2.49. The number of nitrogens with one attached hydrogen (secondary N) is 1. The van der Waals surface area contributed by atoms with Crippen molar-refractivity contribution in [3.8, 4) is 0 Å². The van der Waals surface area contributed by atoms with Crippen LogP contribution in [0.3, 0.4) is 0 Å². The van der Waals surface area contributed by atoms with Gasteiger partial charge in [0.25, 0.3) is 0 Å². The van der Waals surface area contributed by atoms with E-state index in [1.807, 2.05) is 20.8 Å². The molecule has 1 amide bonds. The third kappa shape index (κ3) is 4.82. The van der Waals surface area contributed by atoms with Crippen LogP contribution in [0.4, 0.5) is 0 Å². The first-order valence-electron chi connectivity index (χ1n) is 8.14. The van der Waals surface area contributed by atoms with Crippen molar-refractivity contribution in [2.75, 3.05) is 32.5 Å². The summed E-state index contributed by atoms with van der Waals surface area (Å²) in [6.07, 6.45) is 2.24. The van der Waals surface area contributed by atoms with E-state index < -0.39 is 21.0 Å². The first-order chi connectivity index (χ1) is 10.5. The second-order valence-electron chi connectivity index (χ2n) is 6.71. The number of amides is 1. The number of halogens is 1. The molecule has 2 unspecified atom stereocenters. The summed E-state index contributed by atoms with van der Waals surface area (Å²) in [4.78, 5) is 12.4. The first kappa shape index (κ1) is 23.6. The molecule has 9 heteroatoms. The van der Waals surface area contributed by atoms with Crippen LogP contribution in [-0.2, 0) is 19.6 Å². The lowest BCUT2D eigenvalue weighted by Gasteiger charge is -2.57. The lowest BCUT2D eigenvalue weighted by atomic mass is 9.54. The van der Waals surface area contributed by atoms with Crippen LogP contribution in [0.1, 0.15) is 40.5 Å². The quantitative estimate of drug-likeness (QED) is 0.569. The fraction of sp³-hybridized carbons (Fsp3) is 0.933. The molecule has 0 aromatic heterocycles. The summed E-state index contributed by atoms with van der Waals surface area (Å²) in [6, 6.07) is 0. The Morgan fingerprint density at radius 3 is 2.38 bits per heavy atom. The third-order valence-electron chi connectivity index (χ3n) is 4.93. The number of carbonyl (C=O) groups is 1. The maximum atomic E-state index is 12.4. The van der Waals surface area contributed by atoms with Gasteiger partial charge in [-0.25, -0.2) is 12.7 Å². The number of rotatable bonds is 9. The minimum atomic E-state index is -3.19. The fourth-order valence-corrected chi connectivity index (χ4v) is 3.92. The summed E-state index contributed by atoms with van der Waals surface area (Å²) < 4.78 is 30.0. The van der Waals surface area contributed by atoms with Gasteiger partial charge in [-0.3, -0.25) is 4.79 Å². The van der Waals surface area contributed by atoms with Crippen molar-refractivity contribution in [2.45, 2.75) is 52.2 Å². The molecular weight excluding hydrogens is 354 g/mol. The van der Waals surface area contributed by atoms with Gasteiger partial charge in [-0.15, -0.1) is 12.4 Å². The van der Waals surface area contributed by atoms with Gasteiger partial charge in [0.2, 0.25) is 15.9 Å². The molecule has 0 radical (unpaired) electrons. The van der Waals surface area contributed by atoms with Crippen molar-refractivity contribution < 1.29 is 17.9 Å². The number of hydrogen-bond acceptors (Lipinski definition) is 5. The molecule has 0 heterocycles. The van der Waals surface area contributed by atoms with Gasteiger partial charge in [-0.05, 0) is 13.3 Å². The van der Waals surface area contributed by atoms with E-state index >= 15 is 0 Å². The molecule has 7 nitrogen and oxygen atoms in total. The zero-order chi connectivity index (χ0) is 17.9. The second kappa shape index (κ2) is 8.80. The molecule has 0 spiro atoms. The smallest absolute Gasteiger partial charge is 0.240 e. The summed E-state index contributed by atoms with van der Waals surface area (Å²) in [7, 11) is -3.19. The molecule has 3 N–H and O–H groups in total. The molecule has 144 valence electrons. The summed E-state index contributed by atoms with van der Waals surface area (Å²) in [6.45, 7) is 9.42. The van der Waals surface area contributed by atoms with Gasteiger partial charge in [0.05, 0.1) is 12.4 Å². The van der Waals surface area contributed by atoms with Gasteiger partial charge < -0.3 is 15.8 Å². The number of hydrogen-bond donors (Lipinski definition) is 2. The topological polar surface area (TPSA) is 102 Å². The van der Waals surface area contributed by atoms with Crippen LogP contribution < -0.4 is 11.1 Å². The van der Waals surface area contributed by atoms with E-state index in [-0.39, 0.29) is 24.4 Å². The maximum Gasteiger partial charge on any atom is 0.240 e. The number of nitrogens with two attached hydrogens (primary N) is 1. The van der Waals surface area contributed by atoms with Crippen LogP contribution in [0.15, 0.2) is 0 Å². The van der Waals surface area contributed by atoms with E-state index in [9.17, 15) is 13.2 Å². The van der Waals surface area contributed by atoms with Gasteiger partial charge in [-0.2, -0.15) is 0 Å². The van der Waals surface area contributed by atoms with E-state index in [1.165, 1.54) is 10.6 Å². The molecule has 0 aromatic carbocycles. The van der Waals surface area contributed by atoms with Crippen LogP contribution in [0.5, 0.6) is 0 Å². The van der Waals surface area contributed by atoms with Crippen molar-refractivity contribution in [1.82, 2.24) is 9.62 Å². The van der Waals surface area contributed by atoms with Crippen molar-refractivity contribution in [3.05, 3.63) is 0 Å². The summed E-state index contributed by atoms with van der Waals surface area (Å²) >= 11 is 0. The Bertz CT molecular complexity index is 527. The predicted octanol–water partition coefficient (Wildman–Crippen LogP) is 0.729. The molecule has 1 aliphatic carbocycles. The SMILES string of the molecule is CCOC1CC(N)(C(=O)NCCCN(CC)S(C)(=O)=O)C1(C)C.Cl. The minimum absolute atomic E-state index is 0. The van der Waals surface area contributed by atoms with E-state index in [1.54, 1.807) is 6.92 Å². The van der Waals surface area contributed by atoms with Crippen LogP contribution in [0.25, 0.3) is 0 Å². The van der Waals surface area contributed by atoms with Gasteiger partial charge in [-0.1, -0.05) is 20.8 Å². The van der Waals surface area contributed by atoms with E-state index in [2.05, 4.69) is 5.32 Å². The second-order valence-corrected chi connectivity index (χ2v) is 8.69. The van der Waals surface area contributed by atoms with Crippen LogP contribution >= 0.6 is 12.4 Å². The highest BCUT2D eigenvalue weighted by atomic mass is 35.5. The van der Waals surface area contributed by atoms with Crippen LogP contribution in [-0.4, -0.2) is 62.8 Å². The fourth-order valence-electron chi connectivity index (χ4n) is 2.99. The lowest BCUT2D eigenvalue weighted by Crippen LogP contribution is -2.75. The molecule has 1 rings (SSSR count). The van der Waals surface area contributed by atoms with Crippen molar-refractivity contribution in [1.29, 1.82) is 0 Å². The molecule has 0 saturated heterocycles. The number of sulfonamides is 1. The van der Waals surface area contributed by atoms with E-state index in [0.29, 0.717) is 39.1 Å². The van der Waals surface area contributed by atoms with E-state index in [4.69, 9.17) is 10.5 Å². The normalized spacial score (nSPS) is 25.7. The van der Waals surface area contributed by atoms with Crippen LogP contribution in [0, 0.1) is 5.41 Å². The Kier molecular flexibility index (Phi) is 8.65. The monoisotopic (exact) mass is 385 g/mol. The van der Waals surface area contributed by atoms with Crippen molar-refractivity contribution in [2.24, 2.45) is 11.1 Å². The summed E-state index contributed by atoms with van der Waals surface area (Å²) in [5, 5.41) is 2.83. The largest absolute Gasteiger partial charge is 0.378 e. The molecule has 1 saturated carbocycles. The number of carbonyl (C=O) groups excluding carboxylic acids is 1. The Balaban J connectivity index is 0.00000529. The number of ether oxygens (including phenoxy) is 1. The predicted molar refractivity (Wildman–Crippen MR) is 97.7 cm³/mol. The average molecular weight is 386 g/mol. The summed E-state index contributed by atoms with van der Waals surface area (Å²) in [5.74, 6) is -0.194. The highest BCUT2D eigenvalue weighted by Gasteiger charge is 2.62. The molecule has 1 aliphatic rings. The van der Waals surface area contributed by atoms with Gasteiger partial charge in [0.15, 0.2) is 0 Å². The van der Waals surface area contributed by atoms with Gasteiger partial charge in [0.1, 0.15) is 5.54 Å². The van der Waals surface area contributed by atoms with Gasteiger partial charge >= 0.3 is 0 Å². The molecule has 0 bridgehead atoms. The minimum Gasteiger partial charge on any atom is -0.378 e. The number of nitrogens with zero attached hydrogens (tertiary/aromatic N) is 1. The van der Waals surface area contributed by atoms with Crippen molar-refractivity contribution in [3.63, 3.8) is 0 Å². The molecule has 24 heavy (non-hydrogen) atoms. The lowest BCUT2D eigenvalue weighted by molar-refractivity contribution is -0.170. The maximum absolute atomic E-state index is 12.4. The average Bonchev–Trinajstić information content (AvgIpc) is 2.45. The Labute approximate surface area is 152 Å². The molecule has 2 atom stereocenters. The Hall–Kier alpha value is -0.410. The first-order valence-corrected chi connectivity index (χ1v) is 9.99. The molecule has 1 fully saturated rings. The third-order valence-corrected chi connectivity index (χ3v) is 6.31. The zero-order valence-electron chi connectivity index (χ0n) is 15.3. The molecular formula is C15H32ClN3O4S. The molecule has 0 aliphatic heterocycles.